The Kier molecular flexibility index (Phi) is 4.40. The molecular weight excluding hydrogens is 214 g/mol. The van der Waals surface area contributed by atoms with Gasteiger partial charge in [-0.15, -0.1) is 0 Å². The number of methoxy groups -OCH3 is 1. The van der Waals surface area contributed by atoms with Crippen LogP contribution in [0.1, 0.15) is 39.2 Å². The van der Waals surface area contributed by atoms with Gasteiger partial charge in [0.2, 0.25) is 0 Å². The molecule has 0 saturated heterocycles. The van der Waals surface area contributed by atoms with E-state index in [1.807, 2.05) is 12.1 Å². The molecule has 0 unspecified atom stereocenters. The van der Waals surface area contributed by atoms with Gasteiger partial charge in [-0.1, -0.05) is 19.9 Å². The summed E-state index contributed by atoms with van der Waals surface area (Å²) >= 11 is 0. The topological polar surface area (TPSA) is 41.5 Å². The molecule has 0 radical (unpaired) electrons. The van der Waals surface area contributed by atoms with Gasteiger partial charge in [0.15, 0.2) is 0 Å². The molecular formula is C14H23NO2. The van der Waals surface area contributed by atoms with Crippen molar-refractivity contribution in [1.29, 1.82) is 0 Å². The van der Waals surface area contributed by atoms with Gasteiger partial charge in [0, 0.05) is 6.54 Å². The van der Waals surface area contributed by atoms with Crippen molar-refractivity contribution in [2.24, 2.45) is 0 Å². The van der Waals surface area contributed by atoms with Crippen molar-refractivity contribution in [2.75, 3.05) is 19.0 Å². The molecule has 3 nitrogen and oxygen atoms in total. The molecule has 2 N–H and O–H groups in total. The smallest absolute Gasteiger partial charge is 0.142 e. The maximum absolute atomic E-state index is 9.68. The second kappa shape index (κ2) is 5.41. The van der Waals surface area contributed by atoms with E-state index in [0.717, 1.165) is 11.4 Å². The molecule has 0 heterocycles. The first kappa shape index (κ1) is 13.8. The third-order valence-corrected chi connectivity index (χ3v) is 2.60. The van der Waals surface area contributed by atoms with Crippen LogP contribution >= 0.6 is 0 Å². The lowest BCUT2D eigenvalue weighted by Gasteiger charge is -2.20. The normalized spacial score (nSPS) is 11.7. The zero-order chi connectivity index (χ0) is 13.1. The van der Waals surface area contributed by atoms with Crippen LogP contribution in [0.5, 0.6) is 5.75 Å². The monoisotopic (exact) mass is 237 g/mol. The first-order valence-corrected chi connectivity index (χ1v) is 5.97. The van der Waals surface area contributed by atoms with Gasteiger partial charge in [-0.25, -0.2) is 0 Å². The van der Waals surface area contributed by atoms with Crippen LogP contribution in [0, 0.1) is 0 Å². The van der Waals surface area contributed by atoms with E-state index in [-0.39, 0.29) is 0 Å². The van der Waals surface area contributed by atoms with E-state index in [1.54, 1.807) is 21.0 Å². The summed E-state index contributed by atoms with van der Waals surface area (Å²) < 4.78 is 5.36. The molecule has 0 atom stereocenters. The Hall–Kier alpha value is -1.22. The quantitative estimate of drug-likeness (QED) is 0.827. The van der Waals surface area contributed by atoms with E-state index in [9.17, 15) is 5.11 Å². The SMILES string of the molecule is COc1cc(C(C)C)ccc1NCC(C)(C)O. The van der Waals surface area contributed by atoms with Crippen molar-refractivity contribution in [3.8, 4) is 5.75 Å². The molecule has 0 spiro atoms. The number of hydrogen-bond acceptors (Lipinski definition) is 3. The Labute approximate surface area is 104 Å². The predicted octanol–water partition coefficient (Wildman–Crippen LogP) is 3.00. The van der Waals surface area contributed by atoms with E-state index in [0.29, 0.717) is 12.5 Å². The highest BCUT2D eigenvalue weighted by Gasteiger charge is 2.13. The molecule has 1 rings (SSSR count). The highest BCUT2D eigenvalue weighted by molar-refractivity contribution is 5.58. The van der Waals surface area contributed by atoms with Gasteiger partial charge in [-0.3, -0.25) is 0 Å². The van der Waals surface area contributed by atoms with E-state index < -0.39 is 5.60 Å². The van der Waals surface area contributed by atoms with Crippen LogP contribution < -0.4 is 10.1 Å². The largest absolute Gasteiger partial charge is 0.495 e. The van der Waals surface area contributed by atoms with E-state index in [2.05, 4.69) is 25.2 Å². The summed E-state index contributed by atoms with van der Waals surface area (Å²) in [4.78, 5) is 0. The average molecular weight is 237 g/mol. The Morgan fingerprint density at radius 2 is 2.00 bits per heavy atom. The molecule has 0 aromatic heterocycles. The summed E-state index contributed by atoms with van der Waals surface area (Å²) in [5.41, 5.74) is 1.43. The highest BCUT2D eigenvalue weighted by Crippen LogP contribution is 2.29. The van der Waals surface area contributed by atoms with Crippen molar-refractivity contribution in [3.63, 3.8) is 0 Å². The van der Waals surface area contributed by atoms with Gasteiger partial charge in [0.1, 0.15) is 5.75 Å². The number of benzene rings is 1. The zero-order valence-corrected chi connectivity index (χ0v) is 11.4. The van der Waals surface area contributed by atoms with Gasteiger partial charge in [0.25, 0.3) is 0 Å². The maximum atomic E-state index is 9.68. The van der Waals surface area contributed by atoms with Crippen LogP contribution in [0.2, 0.25) is 0 Å². The van der Waals surface area contributed by atoms with Crippen molar-refractivity contribution >= 4 is 5.69 Å². The molecule has 17 heavy (non-hydrogen) atoms. The van der Waals surface area contributed by atoms with Crippen molar-refractivity contribution in [3.05, 3.63) is 23.8 Å². The molecule has 96 valence electrons. The summed E-state index contributed by atoms with van der Waals surface area (Å²) in [6.45, 7) is 8.34. The lowest BCUT2D eigenvalue weighted by atomic mass is 10.0. The van der Waals surface area contributed by atoms with E-state index in [4.69, 9.17) is 4.74 Å². The number of ether oxygens (including phenoxy) is 1. The van der Waals surface area contributed by atoms with Gasteiger partial charge < -0.3 is 15.2 Å². The molecule has 0 amide bonds. The first-order valence-electron chi connectivity index (χ1n) is 5.97. The molecule has 0 bridgehead atoms. The predicted molar refractivity (Wildman–Crippen MR) is 71.9 cm³/mol. The van der Waals surface area contributed by atoms with Crippen LogP contribution in [-0.4, -0.2) is 24.4 Å². The van der Waals surface area contributed by atoms with E-state index >= 15 is 0 Å². The lowest BCUT2D eigenvalue weighted by Crippen LogP contribution is -2.29. The van der Waals surface area contributed by atoms with E-state index in [1.165, 1.54) is 5.56 Å². The minimum Gasteiger partial charge on any atom is -0.495 e. The maximum Gasteiger partial charge on any atom is 0.142 e. The second-order valence-electron chi connectivity index (χ2n) is 5.28. The molecule has 0 aliphatic carbocycles. The van der Waals surface area contributed by atoms with Crippen LogP contribution in [0.15, 0.2) is 18.2 Å². The standard InChI is InChI=1S/C14H23NO2/c1-10(2)11-6-7-12(13(8-11)17-5)15-9-14(3,4)16/h6-8,10,15-16H,9H2,1-5H3. The second-order valence-corrected chi connectivity index (χ2v) is 5.28. The van der Waals surface area contributed by atoms with Crippen molar-refractivity contribution in [2.45, 2.75) is 39.2 Å². The molecule has 0 saturated carbocycles. The van der Waals surface area contributed by atoms with Crippen LogP contribution in [0.4, 0.5) is 5.69 Å². The third kappa shape index (κ3) is 4.27. The van der Waals surface area contributed by atoms with Gasteiger partial charge in [0.05, 0.1) is 18.4 Å². The van der Waals surface area contributed by atoms with Crippen LogP contribution in [0.25, 0.3) is 0 Å². The fraction of sp³-hybridized carbons (Fsp3) is 0.571. The number of hydrogen-bond donors (Lipinski definition) is 2. The minimum atomic E-state index is -0.734. The molecule has 0 fully saturated rings. The Bertz CT molecular complexity index is 367. The Morgan fingerprint density at radius 3 is 2.47 bits per heavy atom. The summed E-state index contributed by atoms with van der Waals surface area (Å²) in [6, 6.07) is 6.12. The first-order chi connectivity index (χ1) is 7.83. The Balaban J connectivity index is 2.86. The fourth-order valence-corrected chi connectivity index (χ4v) is 1.52. The van der Waals surface area contributed by atoms with Crippen LogP contribution in [-0.2, 0) is 0 Å². The Morgan fingerprint density at radius 1 is 1.35 bits per heavy atom. The lowest BCUT2D eigenvalue weighted by molar-refractivity contribution is 0.0945. The van der Waals surface area contributed by atoms with Gasteiger partial charge in [-0.2, -0.15) is 0 Å². The molecule has 3 heteroatoms. The summed E-state index contributed by atoms with van der Waals surface area (Å²) in [5.74, 6) is 1.30. The number of aliphatic hydroxyl groups is 1. The van der Waals surface area contributed by atoms with Crippen LogP contribution in [0.3, 0.4) is 0 Å². The van der Waals surface area contributed by atoms with Gasteiger partial charge >= 0.3 is 0 Å². The fourth-order valence-electron chi connectivity index (χ4n) is 1.52. The number of anilines is 1. The van der Waals surface area contributed by atoms with Crippen molar-refractivity contribution in [1.82, 2.24) is 0 Å². The highest BCUT2D eigenvalue weighted by atomic mass is 16.5. The number of rotatable bonds is 5. The average Bonchev–Trinajstić information content (AvgIpc) is 2.24. The molecule has 1 aromatic carbocycles. The van der Waals surface area contributed by atoms with Gasteiger partial charge in [-0.05, 0) is 37.5 Å². The molecule has 0 aliphatic heterocycles. The summed E-state index contributed by atoms with van der Waals surface area (Å²) in [5, 5.41) is 12.9. The molecule has 0 aliphatic rings. The zero-order valence-electron chi connectivity index (χ0n) is 11.4. The number of nitrogens with one attached hydrogen (secondary N) is 1. The molecule has 1 aromatic rings. The summed E-state index contributed by atoms with van der Waals surface area (Å²) in [6.07, 6.45) is 0. The summed E-state index contributed by atoms with van der Waals surface area (Å²) in [7, 11) is 1.66. The third-order valence-electron chi connectivity index (χ3n) is 2.60. The van der Waals surface area contributed by atoms with Crippen molar-refractivity contribution < 1.29 is 9.84 Å². The minimum absolute atomic E-state index is 0.479.